The molecule has 0 N–H and O–H groups in total. The minimum Gasteiger partial charge on any atom is -0.463 e. The fraction of sp³-hybridized carbons (Fsp3) is 0.970. The highest BCUT2D eigenvalue weighted by Gasteiger charge is 2.33. The molecule has 1 heterocycles. The van der Waals surface area contributed by atoms with Gasteiger partial charge in [0.05, 0.1) is 6.61 Å². The SMILES string of the molecule is CCCCCCCCCCCCCCCCCCCCCCCCCCC(=O)OC[C@@H]1COC(C)(C)O1. The highest BCUT2D eigenvalue weighted by Crippen LogP contribution is 2.22. The zero-order valence-electron chi connectivity index (χ0n) is 25.3. The van der Waals surface area contributed by atoms with E-state index in [0.717, 1.165) is 12.8 Å². The van der Waals surface area contributed by atoms with Crippen LogP contribution in [0.4, 0.5) is 0 Å². The van der Waals surface area contributed by atoms with Crippen LogP contribution in [-0.2, 0) is 19.0 Å². The molecule has 0 bridgehead atoms. The first kappa shape index (κ1) is 34.4. The Morgan fingerprint density at radius 1 is 0.622 bits per heavy atom. The molecule has 1 aliphatic rings. The molecule has 0 spiro atoms. The molecule has 0 aliphatic carbocycles. The second-order valence-corrected chi connectivity index (χ2v) is 12.0. The number of ether oxygens (including phenoxy) is 3. The maximum atomic E-state index is 11.9. The Bertz CT molecular complexity index is 505. The van der Waals surface area contributed by atoms with Crippen molar-refractivity contribution in [3.63, 3.8) is 0 Å². The van der Waals surface area contributed by atoms with Gasteiger partial charge in [0.15, 0.2) is 5.79 Å². The summed E-state index contributed by atoms with van der Waals surface area (Å²) < 4.78 is 16.5. The Kier molecular flexibility index (Phi) is 22.7. The molecule has 0 aromatic rings. The van der Waals surface area contributed by atoms with Crippen LogP contribution in [0.25, 0.3) is 0 Å². The highest BCUT2D eigenvalue weighted by molar-refractivity contribution is 5.69. The fourth-order valence-electron chi connectivity index (χ4n) is 5.33. The molecule has 1 aliphatic heterocycles. The van der Waals surface area contributed by atoms with Gasteiger partial charge in [-0.05, 0) is 20.3 Å². The monoisotopic (exact) mass is 524 g/mol. The van der Waals surface area contributed by atoms with Crippen molar-refractivity contribution in [3.8, 4) is 0 Å². The molecule has 0 aromatic heterocycles. The summed E-state index contributed by atoms with van der Waals surface area (Å²) in [6.45, 7) is 6.87. The molecule has 37 heavy (non-hydrogen) atoms. The molecule has 1 rings (SSSR count). The van der Waals surface area contributed by atoms with E-state index in [1.807, 2.05) is 13.8 Å². The molecule has 1 fully saturated rings. The molecule has 0 unspecified atom stereocenters. The van der Waals surface area contributed by atoms with Gasteiger partial charge in [0.1, 0.15) is 12.7 Å². The van der Waals surface area contributed by atoms with Gasteiger partial charge in [0.25, 0.3) is 0 Å². The van der Waals surface area contributed by atoms with Crippen molar-refractivity contribution in [1.82, 2.24) is 0 Å². The van der Waals surface area contributed by atoms with Crippen LogP contribution >= 0.6 is 0 Å². The first-order chi connectivity index (χ1) is 18.0. The third kappa shape index (κ3) is 23.0. The number of hydrogen-bond acceptors (Lipinski definition) is 4. The van der Waals surface area contributed by atoms with Crippen molar-refractivity contribution in [2.45, 2.75) is 193 Å². The molecule has 0 radical (unpaired) electrons. The van der Waals surface area contributed by atoms with Gasteiger partial charge in [0, 0.05) is 6.42 Å². The average Bonchev–Trinajstić information content (AvgIpc) is 3.23. The number of carbonyl (C=O) groups is 1. The maximum absolute atomic E-state index is 11.9. The molecular weight excluding hydrogens is 460 g/mol. The standard InChI is InChI=1S/C33H64O4/c1-4-5-6-7-8-9-10-11-12-13-14-15-16-17-18-19-20-21-22-23-24-25-26-27-28-32(34)35-29-31-30-36-33(2,3)37-31/h31H,4-30H2,1-3H3/t31-/m1/s1. The van der Waals surface area contributed by atoms with Gasteiger partial charge in [0.2, 0.25) is 0 Å². The molecule has 4 nitrogen and oxygen atoms in total. The van der Waals surface area contributed by atoms with Gasteiger partial charge >= 0.3 is 5.97 Å². The third-order valence-corrected chi connectivity index (χ3v) is 7.73. The van der Waals surface area contributed by atoms with E-state index in [9.17, 15) is 4.79 Å². The maximum Gasteiger partial charge on any atom is 0.305 e. The van der Waals surface area contributed by atoms with Crippen molar-refractivity contribution in [3.05, 3.63) is 0 Å². The first-order valence-corrected chi connectivity index (χ1v) is 16.5. The molecule has 0 saturated carbocycles. The molecule has 1 saturated heterocycles. The summed E-state index contributed by atoms with van der Waals surface area (Å²) in [6, 6.07) is 0. The van der Waals surface area contributed by atoms with Crippen molar-refractivity contribution in [1.29, 1.82) is 0 Å². The Morgan fingerprint density at radius 2 is 0.973 bits per heavy atom. The van der Waals surface area contributed by atoms with E-state index in [1.165, 1.54) is 141 Å². The lowest BCUT2D eigenvalue weighted by molar-refractivity contribution is -0.158. The van der Waals surface area contributed by atoms with E-state index in [2.05, 4.69) is 6.92 Å². The van der Waals surface area contributed by atoms with Crippen molar-refractivity contribution < 1.29 is 19.0 Å². The molecule has 4 heteroatoms. The van der Waals surface area contributed by atoms with Gasteiger partial charge < -0.3 is 14.2 Å². The van der Waals surface area contributed by atoms with Crippen LogP contribution < -0.4 is 0 Å². The van der Waals surface area contributed by atoms with Crippen molar-refractivity contribution in [2.75, 3.05) is 13.2 Å². The van der Waals surface area contributed by atoms with E-state index in [4.69, 9.17) is 14.2 Å². The van der Waals surface area contributed by atoms with Crippen LogP contribution in [0.2, 0.25) is 0 Å². The minimum atomic E-state index is -0.553. The molecule has 0 amide bonds. The number of esters is 1. The van der Waals surface area contributed by atoms with E-state index in [1.54, 1.807) is 0 Å². The van der Waals surface area contributed by atoms with E-state index in [0.29, 0.717) is 19.6 Å². The summed E-state index contributed by atoms with van der Waals surface area (Å²) in [5, 5.41) is 0. The number of rotatable bonds is 27. The molecule has 1 atom stereocenters. The van der Waals surface area contributed by atoms with Gasteiger partial charge in [-0.1, -0.05) is 155 Å². The highest BCUT2D eigenvalue weighted by atomic mass is 16.7. The van der Waals surface area contributed by atoms with E-state index in [-0.39, 0.29) is 12.1 Å². The van der Waals surface area contributed by atoms with Crippen LogP contribution in [-0.4, -0.2) is 31.1 Å². The first-order valence-electron chi connectivity index (χ1n) is 16.5. The van der Waals surface area contributed by atoms with Crippen molar-refractivity contribution in [2.24, 2.45) is 0 Å². The molecule has 220 valence electrons. The summed E-state index contributed by atoms with van der Waals surface area (Å²) in [5.41, 5.74) is 0. The summed E-state index contributed by atoms with van der Waals surface area (Å²) in [7, 11) is 0. The Morgan fingerprint density at radius 3 is 1.30 bits per heavy atom. The summed E-state index contributed by atoms with van der Waals surface area (Å²) in [6.07, 6.45) is 33.7. The zero-order chi connectivity index (χ0) is 26.9. The van der Waals surface area contributed by atoms with Crippen molar-refractivity contribution >= 4 is 5.97 Å². The Balaban J connectivity index is 1.68. The van der Waals surface area contributed by atoms with Gasteiger partial charge in [-0.15, -0.1) is 0 Å². The van der Waals surface area contributed by atoms with Crippen LogP contribution in [0.5, 0.6) is 0 Å². The molecular formula is C33H64O4. The van der Waals surface area contributed by atoms with Crippen LogP contribution in [0, 0.1) is 0 Å². The third-order valence-electron chi connectivity index (χ3n) is 7.73. The van der Waals surface area contributed by atoms with Crippen LogP contribution in [0.3, 0.4) is 0 Å². The van der Waals surface area contributed by atoms with Crippen LogP contribution in [0.1, 0.15) is 181 Å². The summed E-state index contributed by atoms with van der Waals surface area (Å²) in [4.78, 5) is 11.9. The lowest BCUT2D eigenvalue weighted by Gasteiger charge is -2.16. The molecule has 0 aromatic carbocycles. The zero-order valence-corrected chi connectivity index (χ0v) is 25.3. The largest absolute Gasteiger partial charge is 0.463 e. The van der Waals surface area contributed by atoms with E-state index < -0.39 is 5.79 Å². The fourth-order valence-corrected chi connectivity index (χ4v) is 5.33. The lowest BCUT2D eigenvalue weighted by Crippen LogP contribution is -2.25. The summed E-state index contributed by atoms with van der Waals surface area (Å²) >= 11 is 0. The predicted molar refractivity (Wildman–Crippen MR) is 157 cm³/mol. The lowest BCUT2D eigenvalue weighted by atomic mass is 10.0. The minimum absolute atomic E-state index is 0.105. The number of carbonyl (C=O) groups excluding carboxylic acids is 1. The van der Waals surface area contributed by atoms with Gasteiger partial charge in [-0.3, -0.25) is 4.79 Å². The number of unbranched alkanes of at least 4 members (excludes halogenated alkanes) is 23. The quantitative estimate of drug-likeness (QED) is 0.0791. The summed E-state index contributed by atoms with van der Waals surface area (Å²) in [5.74, 6) is -0.657. The Hall–Kier alpha value is -0.610. The smallest absolute Gasteiger partial charge is 0.305 e. The van der Waals surface area contributed by atoms with Crippen LogP contribution in [0.15, 0.2) is 0 Å². The van der Waals surface area contributed by atoms with E-state index >= 15 is 0 Å². The second-order valence-electron chi connectivity index (χ2n) is 12.0. The van der Waals surface area contributed by atoms with Gasteiger partial charge in [-0.2, -0.15) is 0 Å². The topological polar surface area (TPSA) is 44.8 Å². The second kappa shape index (κ2) is 24.4. The average molecular weight is 525 g/mol. The normalized spacial score (nSPS) is 16.9. The van der Waals surface area contributed by atoms with Gasteiger partial charge in [-0.25, -0.2) is 0 Å². The Labute approximate surface area is 231 Å². The predicted octanol–water partition coefficient (Wildman–Crippen LogP) is 10.5. The number of hydrogen-bond donors (Lipinski definition) is 0.